The Bertz CT molecular complexity index is 616. The summed E-state index contributed by atoms with van der Waals surface area (Å²) < 4.78 is 29.7. The van der Waals surface area contributed by atoms with Crippen LogP contribution in [0.4, 0.5) is 4.39 Å². The molecule has 3 rings (SSSR count). The van der Waals surface area contributed by atoms with Crippen LogP contribution < -0.4 is 19.9 Å². The van der Waals surface area contributed by atoms with Crippen molar-refractivity contribution in [3.05, 3.63) is 47.8 Å². The molecule has 0 amide bonds. The van der Waals surface area contributed by atoms with Gasteiger partial charge in [0.2, 0.25) is 6.79 Å². The summed E-state index contributed by atoms with van der Waals surface area (Å²) in [5, 5.41) is 0. The lowest BCUT2D eigenvalue weighted by Crippen LogP contribution is -2.02. The topological polar surface area (TPSA) is 53.7 Å². The third-order valence-corrected chi connectivity index (χ3v) is 2.85. The lowest BCUT2D eigenvalue weighted by Gasteiger charge is -2.11. The van der Waals surface area contributed by atoms with Gasteiger partial charge in [0.05, 0.1) is 0 Å². The molecule has 0 saturated carbocycles. The molecule has 0 aliphatic carbocycles. The number of nitrogens with two attached hydrogens (primary N) is 1. The van der Waals surface area contributed by atoms with E-state index < -0.39 is 0 Å². The molecule has 2 aromatic carbocycles. The monoisotopic (exact) mass is 261 g/mol. The van der Waals surface area contributed by atoms with Gasteiger partial charge < -0.3 is 19.9 Å². The predicted molar refractivity (Wildman–Crippen MR) is 66.9 cm³/mol. The van der Waals surface area contributed by atoms with Crippen LogP contribution in [0.15, 0.2) is 36.4 Å². The second-order valence-corrected chi connectivity index (χ2v) is 4.04. The Morgan fingerprint density at radius 3 is 2.84 bits per heavy atom. The van der Waals surface area contributed by atoms with Crippen LogP contribution in [0.25, 0.3) is 0 Å². The Morgan fingerprint density at radius 2 is 2.00 bits per heavy atom. The maximum atomic E-state index is 13.6. The van der Waals surface area contributed by atoms with Crippen molar-refractivity contribution in [3.63, 3.8) is 0 Å². The summed E-state index contributed by atoms with van der Waals surface area (Å²) in [5.41, 5.74) is 5.88. The second kappa shape index (κ2) is 4.78. The van der Waals surface area contributed by atoms with Gasteiger partial charge in [0.25, 0.3) is 0 Å². The molecule has 1 aliphatic rings. The minimum Gasteiger partial charge on any atom is -0.457 e. The van der Waals surface area contributed by atoms with Crippen LogP contribution in [0.2, 0.25) is 0 Å². The van der Waals surface area contributed by atoms with Gasteiger partial charge in [0.1, 0.15) is 17.3 Å². The lowest BCUT2D eigenvalue weighted by atomic mass is 10.2. The average Bonchev–Trinajstić information content (AvgIpc) is 2.86. The van der Waals surface area contributed by atoms with E-state index in [2.05, 4.69) is 0 Å². The normalized spacial score (nSPS) is 12.5. The SMILES string of the molecule is NCc1c(F)cccc1Oc1ccc2c(c1)OCO2. The van der Waals surface area contributed by atoms with Gasteiger partial charge in [-0.1, -0.05) is 6.07 Å². The number of hydrogen-bond donors (Lipinski definition) is 1. The van der Waals surface area contributed by atoms with E-state index in [1.54, 1.807) is 30.3 Å². The minimum absolute atomic E-state index is 0.0760. The fourth-order valence-corrected chi connectivity index (χ4v) is 1.90. The predicted octanol–water partition coefficient (Wildman–Crippen LogP) is 2.81. The van der Waals surface area contributed by atoms with E-state index >= 15 is 0 Å². The Balaban J connectivity index is 1.91. The summed E-state index contributed by atoms with van der Waals surface area (Å²) in [4.78, 5) is 0. The van der Waals surface area contributed by atoms with Crippen molar-refractivity contribution in [3.8, 4) is 23.0 Å². The molecule has 0 radical (unpaired) electrons. The van der Waals surface area contributed by atoms with Gasteiger partial charge in [-0.05, 0) is 24.3 Å². The summed E-state index contributed by atoms with van der Waals surface area (Å²) in [6.45, 7) is 0.277. The van der Waals surface area contributed by atoms with Crippen molar-refractivity contribution in [1.82, 2.24) is 0 Å². The van der Waals surface area contributed by atoms with E-state index in [-0.39, 0.29) is 19.2 Å². The van der Waals surface area contributed by atoms with E-state index in [9.17, 15) is 4.39 Å². The van der Waals surface area contributed by atoms with Crippen LogP contribution in [0, 0.1) is 5.82 Å². The van der Waals surface area contributed by atoms with Crippen LogP contribution in [-0.4, -0.2) is 6.79 Å². The Morgan fingerprint density at radius 1 is 1.16 bits per heavy atom. The minimum atomic E-state index is -0.374. The summed E-state index contributed by atoms with van der Waals surface area (Å²) in [6.07, 6.45) is 0. The van der Waals surface area contributed by atoms with Crippen molar-refractivity contribution in [2.24, 2.45) is 5.73 Å². The average molecular weight is 261 g/mol. The molecular weight excluding hydrogens is 249 g/mol. The lowest BCUT2D eigenvalue weighted by molar-refractivity contribution is 0.174. The third-order valence-electron chi connectivity index (χ3n) is 2.85. The number of halogens is 1. The van der Waals surface area contributed by atoms with Crippen LogP contribution in [0.1, 0.15) is 5.56 Å². The fraction of sp³-hybridized carbons (Fsp3) is 0.143. The summed E-state index contributed by atoms with van der Waals surface area (Å²) >= 11 is 0. The Hall–Kier alpha value is -2.27. The highest BCUT2D eigenvalue weighted by molar-refractivity contribution is 5.48. The number of fused-ring (bicyclic) bond motifs is 1. The Labute approximate surface area is 109 Å². The van der Waals surface area contributed by atoms with Crippen molar-refractivity contribution in [2.45, 2.75) is 6.54 Å². The van der Waals surface area contributed by atoms with Crippen molar-refractivity contribution < 1.29 is 18.6 Å². The molecule has 19 heavy (non-hydrogen) atoms. The largest absolute Gasteiger partial charge is 0.457 e. The highest BCUT2D eigenvalue weighted by Gasteiger charge is 2.15. The fourth-order valence-electron chi connectivity index (χ4n) is 1.90. The molecule has 0 saturated heterocycles. The zero-order chi connectivity index (χ0) is 13.2. The zero-order valence-electron chi connectivity index (χ0n) is 10.1. The third kappa shape index (κ3) is 2.20. The first kappa shape index (κ1) is 11.8. The van der Waals surface area contributed by atoms with Gasteiger partial charge in [-0.3, -0.25) is 0 Å². The van der Waals surface area contributed by atoms with Crippen LogP contribution in [0.5, 0.6) is 23.0 Å². The molecule has 0 aromatic heterocycles. The maximum Gasteiger partial charge on any atom is 0.231 e. The van der Waals surface area contributed by atoms with E-state index in [0.29, 0.717) is 28.6 Å². The molecule has 4 nitrogen and oxygen atoms in total. The zero-order valence-corrected chi connectivity index (χ0v) is 10.1. The number of hydrogen-bond acceptors (Lipinski definition) is 4. The van der Waals surface area contributed by atoms with Crippen molar-refractivity contribution in [2.75, 3.05) is 6.79 Å². The molecule has 0 bridgehead atoms. The molecule has 0 atom stereocenters. The molecule has 5 heteroatoms. The molecule has 2 N–H and O–H groups in total. The van der Waals surface area contributed by atoms with Gasteiger partial charge in [0.15, 0.2) is 11.5 Å². The van der Waals surface area contributed by atoms with Gasteiger partial charge in [-0.2, -0.15) is 0 Å². The van der Waals surface area contributed by atoms with Gasteiger partial charge in [-0.15, -0.1) is 0 Å². The Kier molecular flexibility index (Phi) is 2.97. The van der Waals surface area contributed by atoms with Gasteiger partial charge in [-0.25, -0.2) is 4.39 Å². The molecule has 1 aliphatic heterocycles. The summed E-state index contributed by atoms with van der Waals surface area (Å²) in [5.74, 6) is 1.86. The number of ether oxygens (including phenoxy) is 3. The number of rotatable bonds is 3. The van der Waals surface area contributed by atoms with Gasteiger partial charge >= 0.3 is 0 Å². The maximum absolute atomic E-state index is 13.6. The smallest absolute Gasteiger partial charge is 0.231 e. The van der Waals surface area contributed by atoms with E-state index in [1.165, 1.54) is 6.07 Å². The quantitative estimate of drug-likeness (QED) is 0.923. The van der Waals surface area contributed by atoms with Gasteiger partial charge in [0, 0.05) is 18.2 Å². The highest BCUT2D eigenvalue weighted by atomic mass is 19.1. The molecule has 0 unspecified atom stereocenters. The first-order chi connectivity index (χ1) is 9.28. The van der Waals surface area contributed by atoms with E-state index in [4.69, 9.17) is 19.9 Å². The molecule has 2 aromatic rings. The van der Waals surface area contributed by atoms with Crippen LogP contribution >= 0.6 is 0 Å². The molecule has 98 valence electrons. The molecular formula is C14H12FNO3. The standard InChI is InChI=1S/C14H12FNO3/c15-11-2-1-3-12(10(11)7-16)19-9-4-5-13-14(6-9)18-8-17-13/h1-6H,7-8,16H2. The van der Waals surface area contributed by atoms with E-state index in [0.717, 1.165) is 0 Å². The first-order valence-corrected chi connectivity index (χ1v) is 5.83. The first-order valence-electron chi connectivity index (χ1n) is 5.83. The second-order valence-electron chi connectivity index (χ2n) is 4.04. The van der Waals surface area contributed by atoms with E-state index in [1.807, 2.05) is 0 Å². The van der Waals surface area contributed by atoms with Crippen LogP contribution in [0.3, 0.4) is 0 Å². The van der Waals surface area contributed by atoms with Crippen molar-refractivity contribution in [1.29, 1.82) is 0 Å². The highest BCUT2D eigenvalue weighted by Crippen LogP contribution is 2.37. The summed E-state index contributed by atoms with van der Waals surface area (Å²) in [7, 11) is 0. The van der Waals surface area contributed by atoms with Crippen molar-refractivity contribution >= 4 is 0 Å². The molecule has 0 fully saturated rings. The number of benzene rings is 2. The summed E-state index contributed by atoms with van der Waals surface area (Å²) in [6, 6.07) is 9.80. The molecule has 1 heterocycles. The molecule has 0 spiro atoms. The van der Waals surface area contributed by atoms with Crippen LogP contribution in [-0.2, 0) is 6.54 Å².